The molecule has 146 valence electrons. The van der Waals surface area contributed by atoms with Crippen LogP contribution in [0.15, 0.2) is 52.1 Å². The molecule has 0 bridgehead atoms. The Balaban J connectivity index is 1.93. The molecule has 1 aromatic heterocycles. The molecule has 1 heterocycles. The van der Waals surface area contributed by atoms with Crippen molar-refractivity contribution in [3.8, 4) is 0 Å². The highest BCUT2D eigenvalue weighted by Gasteiger charge is 2.16. The van der Waals surface area contributed by atoms with Crippen LogP contribution in [0.25, 0.3) is 0 Å². The number of nitrogens with one attached hydrogen (secondary N) is 3. The lowest BCUT2D eigenvalue weighted by atomic mass is 10.1. The first-order valence-electron chi connectivity index (χ1n) is 8.94. The van der Waals surface area contributed by atoms with Crippen LogP contribution in [-0.4, -0.2) is 37.7 Å². The molecule has 0 spiro atoms. The van der Waals surface area contributed by atoms with Gasteiger partial charge in [0.2, 0.25) is 0 Å². The van der Waals surface area contributed by atoms with E-state index >= 15 is 0 Å². The van der Waals surface area contributed by atoms with Crippen molar-refractivity contribution < 1.29 is 13.9 Å². The van der Waals surface area contributed by atoms with Crippen LogP contribution in [0.4, 0.5) is 5.69 Å². The highest BCUT2D eigenvalue weighted by Crippen LogP contribution is 2.12. The number of furan rings is 1. The second kappa shape index (κ2) is 9.78. The molecule has 0 aliphatic carbocycles. The lowest BCUT2D eigenvalue weighted by molar-refractivity contribution is 0.0268. The van der Waals surface area contributed by atoms with Crippen LogP contribution in [0.5, 0.6) is 0 Å². The number of carbonyl (C=O) groups is 1. The van der Waals surface area contributed by atoms with Gasteiger partial charge < -0.3 is 25.1 Å². The van der Waals surface area contributed by atoms with Gasteiger partial charge in [0.05, 0.1) is 18.4 Å². The predicted octanol–water partition coefficient (Wildman–Crippen LogP) is 3.01. The molecule has 3 N–H and O–H groups in total. The quantitative estimate of drug-likeness (QED) is 0.490. The number of anilines is 1. The molecule has 7 heteroatoms. The summed E-state index contributed by atoms with van der Waals surface area (Å²) >= 11 is 0. The van der Waals surface area contributed by atoms with E-state index in [2.05, 4.69) is 20.9 Å². The van der Waals surface area contributed by atoms with E-state index in [-0.39, 0.29) is 17.3 Å². The normalized spacial score (nSPS) is 11.9. The number of nitrogens with zero attached hydrogens (tertiary/aromatic N) is 1. The fraction of sp³-hybridized carbons (Fsp3) is 0.400. The first-order chi connectivity index (χ1) is 12.9. The average Bonchev–Trinajstić information content (AvgIpc) is 3.20. The average molecular weight is 372 g/mol. The maximum atomic E-state index is 12.0. The van der Waals surface area contributed by atoms with Crippen LogP contribution in [0, 0.1) is 0 Å². The molecule has 0 saturated heterocycles. The number of benzene rings is 1. The summed E-state index contributed by atoms with van der Waals surface area (Å²) in [7, 11) is 1.69. The molecule has 0 atom stereocenters. The number of rotatable bonds is 8. The van der Waals surface area contributed by atoms with E-state index in [4.69, 9.17) is 9.15 Å². The van der Waals surface area contributed by atoms with E-state index in [1.165, 1.54) is 6.26 Å². The molecular formula is C20H28N4O3. The molecule has 2 rings (SSSR count). The molecule has 0 aliphatic rings. The highest BCUT2D eigenvalue weighted by molar-refractivity contribution is 6.02. The Labute approximate surface area is 160 Å². The second-order valence-corrected chi connectivity index (χ2v) is 6.64. The van der Waals surface area contributed by atoms with Crippen molar-refractivity contribution in [2.45, 2.75) is 32.9 Å². The van der Waals surface area contributed by atoms with Crippen LogP contribution in [0.1, 0.15) is 36.9 Å². The number of amides is 1. The zero-order valence-electron chi connectivity index (χ0n) is 16.3. The summed E-state index contributed by atoms with van der Waals surface area (Å²) < 4.78 is 10.5. The predicted molar refractivity (Wildman–Crippen MR) is 107 cm³/mol. The summed E-state index contributed by atoms with van der Waals surface area (Å²) in [4.78, 5) is 16.6. The Hall–Kier alpha value is -2.80. The highest BCUT2D eigenvalue weighted by atomic mass is 16.5. The minimum absolute atomic E-state index is 0.273. The van der Waals surface area contributed by atoms with Gasteiger partial charge in [0.1, 0.15) is 0 Å². The second-order valence-electron chi connectivity index (χ2n) is 6.64. The Morgan fingerprint density at radius 1 is 1.19 bits per heavy atom. The first-order valence-corrected chi connectivity index (χ1v) is 8.94. The van der Waals surface area contributed by atoms with Gasteiger partial charge in [0, 0.05) is 25.9 Å². The number of aliphatic imine (C=N–C) groups is 1. The summed E-state index contributed by atoms with van der Waals surface area (Å²) in [5, 5.41) is 9.29. The summed E-state index contributed by atoms with van der Waals surface area (Å²) in [6, 6.07) is 10.9. The number of hydrogen-bond donors (Lipinski definition) is 3. The van der Waals surface area contributed by atoms with Crippen molar-refractivity contribution in [3.63, 3.8) is 0 Å². The SMILES string of the molecule is CCNC(=NCc1ccc(NC(=O)c2ccco2)cc1)NCC(C)(C)OC. The van der Waals surface area contributed by atoms with Crippen molar-refractivity contribution >= 4 is 17.6 Å². The third-order valence-corrected chi connectivity index (χ3v) is 3.95. The van der Waals surface area contributed by atoms with Crippen LogP contribution >= 0.6 is 0 Å². The van der Waals surface area contributed by atoms with Crippen LogP contribution in [0.2, 0.25) is 0 Å². The topological polar surface area (TPSA) is 87.9 Å². The number of carbonyl (C=O) groups excluding carboxylic acids is 1. The zero-order chi connectivity index (χ0) is 19.7. The number of ether oxygens (including phenoxy) is 1. The fourth-order valence-corrected chi connectivity index (χ4v) is 2.17. The van der Waals surface area contributed by atoms with Crippen LogP contribution < -0.4 is 16.0 Å². The number of hydrogen-bond acceptors (Lipinski definition) is 4. The van der Waals surface area contributed by atoms with Crippen molar-refractivity contribution in [2.75, 3.05) is 25.5 Å². The fourth-order valence-electron chi connectivity index (χ4n) is 2.17. The lowest BCUT2D eigenvalue weighted by Gasteiger charge is -2.24. The molecule has 27 heavy (non-hydrogen) atoms. The maximum absolute atomic E-state index is 12.0. The van der Waals surface area contributed by atoms with E-state index in [1.807, 2.05) is 45.0 Å². The summed E-state index contributed by atoms with van der Waals surface area (Å²) in [5.74, 6) is 0.743. The van der Waals surface area contributed by atoms with E-state index < -0.39 is 0 Å². The van der Waals surface area contributed by atoms with Gasteiger partial charge in [-0.15, -0.1) is 0 Å². The smallest absolute Gasteiger partial charge is 0.291 e. The van der Waals surface area contributed by atoms with Gasteiger partial charge in [-0.05, 0) is 50.6 Å². The third kappa shape index (κ3) is 6.79. The van der Waals surface area contributed by atoms with Gasteiger partial charge >= 0.3 is 0 Å². The van der Waals surface area contributed by atoms with Gasteiger partial charge in [-0.2, -0.15) is 0 Å². The molecule has 2 aromatic rings. The largest absolute Gasteiger partial charge is 0.459 e. The molecule has 7 nitrogen and oxygen atoms in total. The Bertz CT molecular complexity index is 737. The van der Waals surface area contributed by atoms with Crippen LogP contribution in [0.3, 0.4) is 0 Å². The first kappa shape index (κ1) is 20.5. The standard InChI is InChI=1S/C20H28N4O3/c1-5-21-19(23-14-20(2,3)26-4)22-13-15-8-10-16(11-9-15)24-18(25)17-7-6-12-27-17/h6-12H,5,13-14H2,1-4H3,(H,24,25)(H2,21,22,23). The molecular weight excluding hydrogens is 344 g/mol. The lowest BCUT2D eigenvalue weighted by Crippen LogP contribution is -2.45. The minimum Gasteiger partial charge on any atom is -0.459 e. The van der Waals surface area contributed by atoms with Gasteiger partial charge in [-0.1, -0.05) is 12.1 Å². The summed E-state index contributed by atoms with van der Waals surface area (Å²) in [6.07, 6.45) is 1.47. The molecule has 1 amide bonds. The van der Waals surface area contributed by atoms with Crippen molar-refractivity contribution in [1.29, 1.82) is 0 Å². The van der Waals surface area contributed by atoms with Crippen LogP contribution in [-0.2, 0) is 11.3 Å². The summed E-state index contributed by atoms with van der Waals surface area (Å²) in [5.41, 5.74) is 1.47. The van der Waals surface area contributed by atoms with Crippen molar-refractivity contribution in [2.24, 2.45) is 4.99 Å². The van der Waals surface area contributed by atoms with E-state index in [9.17, 15) is 4.79 Å². The van der Waals surface area contributed by atoms with Crippen molar-refractivity contribution in [1.82, 2.24) is 10.6 Å². The maximum Gasteiger partial charge on any atom is 0.291 e. The van der Waals surface area contributed by atoms with Crippen molar-refractivity contribution in [3.05, 3.63) is 54.0 Å². The molecule has 0 unspecified atom stereocenters. The van der Waals surface area contributed by atoms with E-state index in [0.29, 0.717) is 18.8 Å². The monoisotopic (exact) mass is 372 g/mol. The Morgan fingerprint density at radius 2 is 1.93 bits per heavy atom. The number of methoxy groups -OCH3 is 1. The number of guanidine groups is 1. The van der Waals surface area contributed by atoms with Gasteiger partial charge in [-0.3, -0.25) is 4.79 Å². The van der Waals surface area contributed by atoms with Gasteiger partial charge in [-0.25, -0.2) is 4.99 Å². The molecule has 0 fully saturated rings. The minimum atomic E-state index is -0.274. The third-order valence-electron chi connectivity index (χ3n) is 3.95. The molecule has 1 aromatic carbocycles. The molecule has 0 radical (unpaired) electrons. The van der Waals surface area contributed by atoms with E-state index in [1.54, 1.807) is 19.2 Å². The van der Waals surface area contributed by atoms with Gasteiger partial charge in [0.15, 0.2) is 11.7 Å². The zero-order valence-corrected chi connectivity index (χ0v) is 16.3. The summed E-state index contributed by atoms with van der Waals surface area (Å²) in [6.45, 7) is 7.99. The Kier molecular flexibility index (Phi) is 7.43. The van der Waals surface area contributed by atoms with E-state index in [0.717, 1.165) is 18.1 Å². The molecule has 0 aliphatic heterocycles. The Morgan fingerprint density at radius 3 is 2.52 bits per heavy atom. The molecule has 0 saturated carbocycles. The van der Waals surface area contributed by atoms with Gasteiger partial charge in [0.25, 0.3) is 5.91 Å².